The van der Waals surface area contributed by atoms with Crippen LogP contribution in [0.4, 0.5) is 0 Å². The van der Waals surface area contributed by atoms with Crippen LogP contribution in [-0.2, 0) is 6.42 Å². The molecule has 0 unspecified atom stereocenters. The number of rotatable bonds is 14. The van der Waals surface area contributed by atoms with E-state index in [0.717, 1.165) is 0 Å². The van der Waals surface area contributed by atoms with Crippen LogP contribution in [0.1, 0.15) is 89.5 Å². The normalized spacial score (nSPS) is 11.6. The van der Waals surface area contributed by atoms with E-state index in [2.05, 4.69) is 61.5 Å². The fraction of sp³-hybridized carbons (Fsp3) is 0.538. The monoisotopic (exact) mass is 350 g/mol. The zero-order chi connectivity index (χ0) is 18.3. The van der Waals surface area contributed by atoms with Gasteiger partial charge in [0.05, 0.1) is 0 Å². The minimum Gasteiger partial charge on any atom is -0.0885 e. The molecule has 0 heteroatoms. The maximum Gasteiger partial charge on any atom is -0.0181 e. The van der Waals surface area contributed by atoms with Gasteiger partial charge < -0.3 is 0 Å². The lowest BCUT2D eigenvalue weighted by atomic mass is 10.0. The SMILES string of the molecule is CCCCCCCCCC/C=C/CCCCc1ccc2ccccc2c1. The van der Waals surface area contributed by atoms with Gasteiger partial charge in [-0.1, -0.05) is 106 Å². The largest absolute Gasteiger partial charge is 0.0885 e. The molecule has 2 aromatic carbocycles. The maximum absolute atomic E-state index is 2.41. The first kappa shape index (κ1) is 20.7. The molecule has 142 valence electrons. The van der Waals surface area contributed by atoms with E-state index >= 15 is 0 Å². The van der Waals surface area contributed by atoms with Gasteiger partial charge in [0.1, 0.15) is 0 Å². The Kier molecular flexibility index (Phi) is 10.9. The summed E-state index contributed by atoms with van der Waals surface area (Å²) in [5.74, 6) is 0. The Morgan fingerprint density at radius 3 is 1.96 bits per heavy atom. The fourth-order valence-electron chi connectivity index (χ4n) is 3.62. The fourth-order valence-corrected chi connectivity index (χ4v) is 3.62. The average molecular weight is 351 g/mol. The molecule has 0 aromatic heterocycles. The molecular weight excluding hydrogens is 312 g/mol. The van der Waals surface area contributed by atoms with E-state index in [0.29, 0.717) is 0 Å². The summed E-state index contributed by atoms with van der Waals surface area (Å²) in [7, 11) is 0. The standard InChI is InChI=1S/C26H38/c1-2-3-4-5-6-7-8-9-10-11-12-13-14-15-18-24-21-22-25-19-16-17-20-26(25)23-24/h11-12,16-17,19-23H,2-10,13-15,18H2,1H3/b12-11+. The minimum atomic E-state index is 1.21. The third kappa shape index (κ3) is 8.70. The van der Waals surface area contributed by atoms with Crippen molar-refractivity contribution in [3.05, 3.63) is 60.2 Å². The third-order valence-corrected chi connectivity index (χ3v) is 5.29. The molecule has 0 radical (unpaired) electrons. The molecule has 0 saturated heterocycles. The number of allylic oxidation sites excluding steroid dienone is 2. The van der Waals surface area contributed by atoms with E-state index in [4.69, 9.17) is 0 Å². The van der Waals surface area contributed by atoms with Gasteiger partial charge in [0, 0.05) is 0 Å². The van der Waals surface area contributed by atoms with E-state index in [1.165, 1.54) is 99.8 Å². The second-order valence-corrected chi connectivity index (χ2v) is 7.66. The molecule has 0 N–H and O–H groups in total. The van der Waals surface area contributed by atoms with Gasteiger partial charge in [0.15, 0.2) is 0 Å². The molecule has 0 nitrogen and oxygen atoms in total. The minimum absolute atomic E-state index is 1.21. The van der Waals surface area contributed by atoms with Crippen LogP contribution >= 0.6 is 0 Å². The van der Waals surface area contributed by atoms with Gasteiger partial charge in [-0.25, -0.2) is 0 Å². The van der Waals surface area contributed by atoms with Crippen molar-refractivity contribution >= 4 is 10.8 Å². The van der Waals surface area contributed by atoms with Crippen molar-refractivity contribution in [3.63, 3.8) is 0 Å². The summed E-state index contributed by atoms with van der Waals surface area (Å²) >= 11 is 0. The highest BCUT2D eigenvalue weighted by Gasteiger charge is 1.96. The summed E-state index contributed by atoms with van der Waals surface area (Å²) in [6.45, 7) is 2.29. The Hall–Kier alpha value is -1.56. The van der Waals surface area contributed by atoms with Crippen LogP contribution in [-0.4, -0.2) is 0 Å². The van der Waals surface area contributed by atoms with E-state index in [1.807, 2.05) is 0 Å². The average Bonchev–Trinajstić information content (AvgIpc) is 2.68. The molecule has 0 aliphatic carbocycles. The Morgan fingerprint density at radius 1 is 0.615 bits per heavy atom. The number of fused-ring (bicyclic) bond motifs is 1. The topological polar surface area (TPSA) is 0 Å². The Balaban J connectivity index is 1.45. The highest BCUT2D eigenvalue weighted by molar-refractivity contribution is 5.82. The zero-order valence-electron chi connectivity index (χ0n) is 16.9. The summed E-state index contributed by atoms with van der Waals surface area (Å²) in [6, 6.07) is 15.6. The van der Waals surface area contributed by atoms with Crippen LogP contribution in [0.2, 0.25) is 0 Å². The first-order valence-corrected chi connectivity index (χ1v) is 11.0. The zero-order valence-corrected chi connectivity index (χ0v) is 16.9. The Labute approximate surface area is 161 Å². The van der Waals surface area contributed by atoms with Gasteiger partial charge in [-0.3, -0.25) is 0 Å². The first-order valence-electron chi connectivity index (χ1n) is 11.0. The van der Waals surface area contributed by atoms with Crippen molar-refractivity contribution < 1.29 is 0 Å². The van der Waals surface area contributed by atoms with E-state index in [9.17, 15) is 0 Å². The second-order valence-electron chi connectivity index (χ2n) is 7.66. The summed E-state index contributed by atoms with van der Waals surface area (Å²) in [4.78, 5) is 0. The van der Waals surface area contributed by atoms with Crippen LogP contribution in [0, 0.1) is 0 Å². The van der Waals surface area contributed by atoms with Crippen molar-refractivity contribution in [3.8, 4) is 0 Å². The molecular formula is C26H38. The number of benzene rings is 2. The van der Waals surface area contributed by atoms with Gasteiger partial charge in [-0.05, 0) is 54.9 Å². The Morgan fingerprint density at radius 2 is 1.23 bits per heavy atom. The molecule has 0 bridgehead atoms. The van der Waals surface area contributed by atoms with E-state index in [1.54, 1.807) is 0 Å². The highest BCUT2D eigenvalue weighted by atomic mass is 14.0. The van der Waals surface area contributed by atoms with Crippen molar-refractivity contribution in [1.82, 2.24) is 0 Å². The van der Waals surface area contributed by atoms with Gasteiger partial charge in [-0.2, -0.15) is 0 Å². The lowest BCUT2D eigenvalue weighted by Gasteiger charge is -2.03. The molecule has 2 aromatic rings. The van der Waals surface area contributed by atoms with Crippen LogP contribution in [0.3, 0.4) is 0 Å². The van der Waals surface area contributed by atoms with E-state index < -0.39 is 0 Å². The molecule has 0 aliphatic heterocycles. The lowest BCUT2D eigenvalue weighted by Crippen LogP contribution is -1.85. The van der Waals surface area contributed by atoms with E-state index in [-0.39, 0.29) is 0 Å². The van der Waals surface area contributed by atoms with Crippen LogP contribution in [0.15, 0.2) is 54.6 Å². The van der Waals surface area contributed by atoms with Crippen molar-refractivity contribution in [2.45, 2.75) is 90.4 Å². The Bertz CT molecular complexity index is 623. The van der Waals surface area contributed by atoms with Crippen LogP contribution in [0.25, 0.3) is 10.8 Å². The van der Waals surface area contributed by atoms with Gasteiger partial charge in [0.2, 0.25) is 0 Å². The van der Waals surface area contributed by atoms with Crippen molar-refractivity contribution in [1.29, 1.82) is 0 Å². The molecule has 0 fully saturated rings. The molecule has 0 aliphatic rings. The maximum atomic E-state index is 2.41. The molecule has 0 spiro atoms. The number of hydrogen-bond donors (Lipinski definition) is 0. The summed E-state index contributed by atoms with van der Waals surface area (Å²) < 4.78 is 0. The lowest BCUT2D eigenvalue weighted by molar-refractivity contribution is 0.577. The summed E-state index contributed by atoms with van der Waals surface area (Å²) in [5, 5.41) is 2.72. The van der Waals surface area contributed by atoms with Gasteiger partial charge in [-0.15, -0.1) is 0 Å². The van der Waals surface area contributed by atoms with Gasteiger partial charge in [0.25, 0.3) is 0 Å². The molecule has 0 amide bonds. The molecule has 26 heavy (non-hydrogen) atoms. The number of aryl methyl sites for hydroxylation is 1. The summed E-state index contributed by atoms with van der Waals surface area (Å²) in [6.07, 6.45) is 22.5. The number of unbranched alkanes of at least 4 members (excludes halogenated alkanes) is 10. The third-order valence-electron chi connectivity index (χ3n) is 5.29. The predicted octanol–water partition coefficient (Wildman–Crippen LogP) is 8.64. The second kappa shape index (κ2) is 13.6. The number of hydrogen-bond acceptors (Lipinski definition) is 0. The molecule has 2 rings (SSSR count). The molecule has 0 saturated carbocycles. The predicted molar refractivity (Wildman–Crippen MR) is 118 cm³/mol. The van der Waals surface area contributed by atoms with Gasteiger partial charge >= 0.3 is 0 Å². The first-order chi connectivity index (χ1) is 12.9. The quantitative estimate of drug-likeness (QED) is 0.236. The highest BCUT2D eigenvalue weighted by Crippen LogP contribution is 2.17. The van der Waals surface area contributed by atoms with Crippen molar-refractivity contribution in [2.75, 3.05) is 0 Å². The van der Waals surface area contributed by atoms with Crippen LogP contribution < -0.4 is 0 Å². The smallest absolute Gasteiger partial charge is 0.0181 e. The summed E-state index contributed by atoms with van der Waals surface area (Å²) in [5.41, 5.74) is 1.48. The molecule has 0 atom stereocenters. The van der Waals surface area contributed by atoms with Crippen molar-refractivity contribution in [2.24, 2.45) is 0 Å². The van der Waals surface area contributed by atoms with Crippen LogP contribution in [0.5, 0.6) is 0 Å². The molecule has 0 heterocycles.